The lowest BCUT2D eigenvalue weighted by Gasteiger charge is -2.09. The van der Waals surface area contributed by atoms with Gasteiger partial charge in [0.2, 0.25) is 0 Å². The SMILES string of the molecule is COCCCn1c(-c2cccc(O)c2)nc2c1c(=O)[nH]c(=O)n2Cc1ccccc1. The number of aromatic hydroxyl groups is 1. The van der Waals surface area contributed by atoms with E-state index in [9.17, 15) is 14.7 Å². The molecule has 2 aromatic heterocycles. The number of hydrogen-bond donors (Lipinski definition) is 2. The number of methoxy groups -OCH3 is 1. The van der Waals surface area contributed by atoms with Crippen LogP contribution in [0.25, 0.3) is 22.6 Å². The molecule has 30 heavy (non-hydrogen) atoms. The fourth-order valence-electron chi connectivity index (χ4n) is 3.54. The minimum atomic E-state index is -0.514. The number of aromatic amines is 1. The molecule has 2 N–H and O–H groups in total. The van der Waals surface area contributed by atoms with Gasteiger partial charge < -0.3 is 14.4 Å². The maximum atomic E-state index is 12.8. The molecule has 0 aliphatic carbocycles. The van der Waals surface area contributed by atoms with Gasteiger partial charge in [-0.15, -0.1) is 0 Å². The normalized spacial score (nSPS) is 11.2. The van der Waals surface area contributed by atoms with Crippen LogP contribution in [-0.2, 0) is 17.8 Å². The molecule has 8 nitrogen and oxygen atoms in total. The smallest absolute Gasteiger partial charge is 0.330 e. The molecule has 0 amide bonds. The minimum absolute atomic E-state index is 0.0959. The van der Waals surface area contributed by atoms with Gasteiger partial charge in [0, 0.05) is 25.8 Å². The molecule has 154 valence electrons. The number of hydrogen-bond acceptors (Lipinski definition) is 5. The van der Waals surface area contributed by atoms with Gasteiger partial charge in [-0.2, -0.15) is 0 Å². The van der Waals surface area contributed by atoms with E-state index >= 15 is 0 Å². The number of fused-ring (bicyclic) bond motifs is 1. The maximum absolute atomic E-state index is 12.8. The van der Waals surface area contributed by atoms with E-state index in [1.54, 1.807) is 29.9 Å². The number of ether oxygens (including phenoxy) is 1. The van der Waals surface area contributed by atoms with Crippen molar-refractivity contribution >= 4 is 11.2 Å². The first-order valence-corrected chi connectivity index (χ1v) is 9.64. The summed E-state index contributed by atoms with van der Waals surface area (Å²) in [6.07, 6.45) is 0.658. The third-order valence-electron chi connectivity index (χ3n) is 4.90. The zero-order valence-electron chi connectivity index (χ0n) is 16.5. The largest absolute Gasteiger partial charge is 0.508 e. The number of rotatable bonds is 7. The van der Waals surface area contributed by atoms with E-state index in [1.807, 2.05) is 36.4 Å². The Bertz CT molecular complexity index is 1290. The van der Waals surface area contributed by atoms with Crippen molar-refractivity contribution in [2.24, 2.45) is 0 Å². The van der Waals surface area contributed by atoms with E-state index in [0.717, 1.165) is 5.56 Å². The summed E-state index contributed by atoms with van der Waals surface area (Å²) in [7, 11) is 1.62. The van der Waals surface area contributed by atoms with Crippen LogP contribution in [0.2, 0.25) is 0 Å². The number of nitrogens with one attached hydrogen (secondary N) is 1. The lowest BCUT2D eigenvalue weighted by Crippen LogP contribution is -2.31. The van der Waals surface area contributed by atoms with Gasteiger partial charge in [-0.1, -0.05) is 42.5 Å². The Balaban J connectivity index is 1.95. The molecule has 0 saturated heterocycles. The highest BCUT2D eigenvalue weighted by atomic mass is 16.5. The van der Waals surface area contributed by atoms with Crippen LogP contribution in [0.4, 0.5) is 0 Å². The molecular formula is C22H22N4O4. The van der Waals surface area contributed by atoms with E-state index in [-0.39, 0.29) is 12.3 Å². The highest BCUT2D eigenvalue weighted by Crippen LogP contribution is 2.26. The summed E-state index contributed by atoms with van der Waals surface area (Å²) in [5.41, 5.74) is 1.20. The van der Waals surface area contributed by atoms with Crippen LogP contribution in [0.3, 0.4) is 0 Å². The zero-order chi connectivity index (χ0) is 21.1. The van der Waals surface area contributed by atoms with Gasteiger partial charge in [0.15, 0.2) is 11.2 Å². The van der Waals surface area contributed by atoms with Gasteiger partial charge in [0.05, 0.1) is 6.54 Å². The molecule has 0 fully saturated rings. The molecular weight excluding hydrogens is 384 g/mol. The topological polar surface area (TPSA) is 102 Å². The molecule has 2 aromatic carbocycles. The number of nitrogens with zero attached hydrogens (tertiary/aromatic N) is 3. The first-order valence-electron chi connectivity index (χ1n) is 9.64. The third-order valence-corrected chi connectivity index (χ3v) is 4.90. The van der Waals surface area contributed by atoms with E-state index < -0.39 is 11.2 Å². The number of benzene rings is 2. The Kier molecular flexibility index (Phi) is 5.49. The molecule has 0 aliphatic heterocycles. The van der Waals surface area contributed by atoms with Crippen LogP contribution in [0, 0.1) is 0 Å². The Morgan fingerprint density at radius 3 is 2.60 bits per heavy atom. The summed E-state index contributed by atoms with van der Waals surface area (Å²) in [6, 6.07) is 16.2. The molecule has 0 atom stereocenters. The van der Waals surface area contributed by atoms with Crippen molar-refractivity contribution in [2.45, 2.75) is 19.5 Å². The van der Waals surface area contributed by atoms with E-state index in [1.165, 1.54) is 4.57 Å². The zero-order valence-corrected chi connectivity index (χ0v) is 16.5. The monoisotopic (exact) mass is 406 g/mol. The average molecular weight is 406 g/mol. The van der Waals surface area contributed by atoms with E-state index in [0.29, 0.717) is 42.1 Å². The Hall–Kier alpha value is -3.65. The van der Waals surface area contributed by atoms with Crippen molar-refractivity contribution < 1.29 is 9.84 Å². The van der Waals surface area contributed by atoms with Crippen LogP contribution in [-0.4, -0.2) is 37.9 Å². The molecule has 4 aromatic rings. The summed E-state index contributed by atoms with van der Waals surface area (Å²) in [4.78, 5) is 32.5. The van der Waals surface area contributed by atoms with Crippen molar-refractivity contribution in [3.63, 3.8) is 0 Å². The second-order valence-corrected chi connectivity index (χ2v) is 6.99. The molecule has 0 spiro atoms. The van der Waals surface area contributed by atoms with Crippen LogP contribution >= 0.6 is 0 Å². The van der Waals surface area contributed by atoms with Crippen molar-refractivity contribution in [1.82, 2.24) is 19.1 Å². The fourth-order valence-corrected chi connectivity index (χ4v) is 3.54. The number of imidazole rings is 1. The molecule has 8 heteroatoms. The van der Waals surface area contributed by atoms with Gasteiger partial charge >= 0.3 is 5.69 Å². The molecule has 0 unspecified atom stereocenters. The van der Waals surface area contributed by atoms with Crippen LogP contribution in [0.1, 0.15) is 12.0 Å². The second kappa shape index (κ2) is 8.38. The Morgan fingerprint density at radius 1 is 1.07 bits per heavy atom. The lowest BCUT2D eigenvalue weighted by molar-refractivity contribution is 0.191. The number of phenolic OH excluding ortho intramolecular Hbond substituents is 1. The number of aryl methyl sites for hydroxylation is 1. The van der Waals surface area contributed by atoms with Crippen LogP contribution in [0.5, 0.6) is 5.75 Å². The summed E-state index contributed by atoms with van der Waals surface area (Å²) in [5, 5.41) is 9.92. The molecule has 0 aliphatic rings. The van der Waals surface area contributed by atoms with Gasteiger partial charge in [-0.25, -0.2) is 9.78 Å². The van der Waals surface area contributed by atoms with Crippen molar-refractivity contribution in [3.8, 4) is 17.1 Å². The molecule has 0 saturated carbocycles. The Morgan fingerprint density at radius 2 is 1.87 bits per heavy atom. The fraction of sp³-hybridized carbons (Fsp3) is 0.227. The van der Waals surface area contributed by atoms with E-state index in [4.69, 9.17) is 4.74 Å². The lowest BCUT2D eigenvalue weighted by atomic mass is 10.2. The highest BCUT2D eigenvalue weighted by Gasteiger charge is 2.20. The summed E-state index contributed by atoms with van der Waals surface area (Å²) >= 11 is 0. The number of aromatic nitrogens is 4. The Labute approximate surface area is 172 Å². The van der Waals surface area contributed by atoms with Crippen molar-refractivity contribution in [2.75, 3.05) is 13.7 Å². The average Bonchev–Trinajstić information content (AvgIpc) is 3.12. The number of phenols is 1. The minimum Gasteiger partial charge on any atom is -0.508 e. The predicted octanol–water partition coefficient (Wildman–Crippen LogP) is 2.34. The van der Waals surface area contributed by atoms with Gasteiger partial charge in [0.25, 0.3) is 5.56 Å². The van der Waals surface area contributed by atoms with Gasteiger partial charge in [-0.3, -0.25) is 14.3 Å². The standard InChI is InChI=1S/C22H22N4O4/c1-30-12-6-11-25-18-20(23-19(25)16-9-5-10-17(27)13-16)26(22(29)24-21(18)28)14-15-7-3-2-4-8-15/h2-5,7-10,13,27H,6,11-12,14H2,1H3,(H,24,28,29). The van der Waals surface area contributed by atoms with Crippen LogP contribution in [0.15, 0.2) is 64.2 Å². The summed E-state index contributed by atoms with van der Waals surface area (Å²) in [5.74, 6) is 0.605. The molecule has 0 bridgehead atoms. The summed E-state index contributed by atoms with van der Waals surface area (Å²) < 4.78 is 8.40. The van der Waals surface area contributed by atoms with Crippen molar-refractivity contribution in [3.05, 3.63) is 81.0 Å². The quantitative estimate of drug-likeness (QED) is 0.459. The van der Waals surface area contributed by atoms with E-state index in [2.05, 4.69) is 9.97 Å². The first kappa shape index (κ1) is 19.7. The number of H-pyrrole nitrogens is 1. The summed E-state index contributed by atoms with van der Waals surface area (Å²) in [6.45, 7) is 1.27. The van der Waals surface area contributed by atoms with Crippen molar-refractivity contribution in [1.29, 1.82) is 0 Å². The molecule has 4 rings (SSSR count). The second-order valence-electron chi connectivity index (χ2n) is 6.99. The molecule has 0 radical (unpaired) electrons. The van der Waals surface area contributed by atoms with Crippen LogP contribution < -0.4 is 11.2 Å². The van der Waals surface area contributed by atoms with Gasteiger partial charge in [0.1, 0.15) is 11.6 Å². The third kappa shape index (κ3) is 3.77. The predicted molar refractivity (Wildman–Crippen MR) is 114 cm³/mol. The van der Waals surface area contributed by atoms with Gasteiger partial charge in [-0.05, 0) is 24.1 Å². The molecule has 2 heterocycles. The maximum Gasteiger partial charge on any atom is 0.330 e. The first-order chi connectivity index (χ1) is 14.6. The highest BCUT2D eigenvalue weighted by molar-refractivity contribution is 5.77.